The van der Waals surface area contributed by atoms with Crippen molar-refractivity contribution in [3.05, 3.63) is 29.8 Å². The summed E-state index contributed by atoms with van der Waals surface area (Å²) in [5.74, 6) is -1.57. The van der Waals surface area contributed by atoms with Crippen molar-refractivity contribution in [3.63, 3.8) is 0 Å². The summed E-state index contributed by atoms with van der Waals surface area (Å²) < 4.78 is 5.51. The summed E-state index contributed by atoms with van der Waals surface area (Å²) in [6.45, 7) is 3.65. The highest BCUT2D eigenvalue weighted by Gasteiger charge is 2.48. The van der Waals surface area contributed by atoms with E-state index < -0.39 is 17.5 Å². The van der Waals surface area contributed by atoms with Gasteiger partial charge in [-0.05, 0) is 13.0 Å². The maximum Gasteiger partial charge on any atom is 0.309 e. The van der Waals surface area contributed by atoms with Crippen molar-refractivity contribution in [1.29, 1.82) is 0 Å². The molecule has 4 heteroatoms. The average Bonchev–Trinajstić information content (AvgIpc) is 2.33. The summed E-state index contributed by atoms with van der Waals surface area (Å²) in [6, 6.07) is 7.06. The van der Waals surface area contributed by atoms with Crippen LogP contribution in [0.3, 0.4) is 0 Å². The molecular formula is C13H16O4. The monoisotopic (exact) mass is 236 g/mol. The van der Waals surface area contributed by atoms with E-state index in [9.17, 15) is 9.90 Å². The van der Waals surface area contributed by atoms with E-state index in [1.807, 2.05) is 0 Å². The van der Waals surface area contributed by atoms with Gasteiger partial charge in [0, 0.05) is 11.5 Å². The Balaban J connectivity index is 2.55. The molecule has 2 N–H and O–H groups in total. The van der Waals surface area contributed by atoms with Gasteiger partial charge < -0.3 is 14.9 Å². The Hall–Kier alpha value is -1.55. The topological polar surface area (TPSA) is 66.8 Å². The van der Waals surface area contributed by atoms with Crippen LogP contribution in [0.25, 0.3) is 0 Å². The maximum absolute atomic E-state index is 11.2. The van der Waals surface area contributed by atoms with Crippen molar-refractivity contribution in [2.45, 2.75) is 19.4 Å². The molecule has 17 heavy (non-hydrogen) atoms. The Kier molecular flexibility index (Phi) is 2.83. The zero-order chi connectivity index (χ0) is 12.6. The molecule has 0 fully saturated rings. The van der Waals surface area contributed by atoms with E-state index in [1.54, 1.807) is 31.2 Å². The summed E-state index contributed by atoms with van der Waals surface area (Å²) >= 11 is 0. The molecule has 0 aliphatic carbocycles. The lowest BCUT2D eigenvalue weighted by Gasteiger charge is -2.42. The van der Waals surface area contributed by atoms with E-state index in [0.29, 0.717) is 17.9 Å². The Morgan fingerprint density at radius 3 is 2.82 bits per heavy atom. The minimum absolute atomic E-state index is 0.261. The lowest BCUT2D eigenvalue weighted by atomic mass is 9.72. The first-order valence-electron chi connectivity index (χ1n) is 5.65. The number of fused-ring (bicyclic) bond motifs is 1. The summed E-state index contributed by atoms with van der Waals surface area (Å²) in [6.07, 6.45) is 0. The first-order chi connectivity index (χ1) is 7.98. The molecule has 92 valence electrons. The van der Waals surface area contributed by atoms with Gasteiger partial charge in [-0.3, -0.25) is 4.79 Å². The van der Waals surface area contributed by atoms with E-state index in [1.165, 1.54) is 6.92 Å². The third kappa shape index (κ3) is 1.69. The molecule has 1 aromatic carbocycles. The molecule has 0 amide bonds. The zero-order valence-corrected chi connectivity index (χ0v) is 9.88. The predicted octanol–water partition coefficient (Wildman–Crippen LogP) is 1.62. The number of ether oxygens (including phenoxy) is 1. The minimum Gasteiger partial charge on any atom is -0.493 e. The van der Waals surface area contributed by atoms with Crippen LogP contribution in [0.1, 0.15) is 19.4 Å². The van der Waals surface area contributed by atoms with Crippen molar-refractivity contribution in [2.24, 2.45) is 11.8 Å². The Morgan fingerprint density at radius 2 is 2.18 bits per heavy atom. The first-order valence-corrected chi connectivity index (χ1v) is 5.65. The number of benzene rings is 1. The van der Waals surface area contributed by atoms with Crippen molar-refractivity contribution < 1.29 is 19.7 Å². The molecule has 0 spiro atoms. The molecule has 0 saturated carbocycles. The lowest BCUT2D eigenvalue weighted by molar-refractivity contribution is -0.160. The number of aliphatic hydroxyl groups is 1. The van der Waals surface area contributed by atoms with E-state index in [-0.39, 0.29) is 5.92 Å². The predicted molar refractivity (Wildman–Crippen MR) is 61.8 cm³/mol. The average molecular weight is 236 g/mol. The second-order valence-corrected chi connectivity index (χ2v) is 4.59. The van der Waals surface area contributed by atoms with Crippen LogP contribution in [0.2, 0.25) is 0 Å². The lowest BCUT2D eigenvalue weighted by Crippen LogP contribution is -2.48. The van der Waals surface area contributed by atoms with Crippen LogP contribution in [0.4, 0.5) is 0 Å². The number of para-hydroxylation sites is 1. The van der Waals surface area contributed by atoms with Crippen LogP contribution >= 0.6 is 0 Å². The van der Waals surface area contributed by atoms with Gasteiger partial charge in [-0.15, -0.1) is 0 Å². The number of carboxylic acid groups (broad SMARTS) is 1. The summed E-state index contributed by atoms with van der Waals surface area (Å²) in [7, 11) is 0. The van der Waals surface area contributed by atoms with Crippen LogP contribution in [-0.4, -0.2) is 22.8 Å². The molecule has 3 unspecified atom stereocenters. The second kappa shape index (κ2) is 4.04. The molecule has 1 aliphatic rings. The molecule has 1 aliphatic heterocycles. The quantitative estimate of drug-likeness (QED) is 0.819. The van der Waals surface area contributed by atoms with Gasteiger partial charge in [0.25, 0.3) is 0 Å². The Bertz CT molecular complexity index is 443. The molecule has 1 aromatic rings. The minimum atomic E-state index is -1.37. The molecule has 0 saturated heterocycles. The number of rotatable bonds is 2. The molecular weight excluding hydrogens is 220 g/mol. The number of carbonyl (C=O) groups is 1. The molecule has 3 atom stereocenters. The van der Waals surface area contributed by atoms with Crippen LogP contribution < -0.4 is 4.74 Å². The second-order valence-electron chi connectivity index (χ2n) is 4.59. The third-order valence-corrected chi connectivity index (χ3v) is 3.59. The van der Waals surface area contributed by atoms with Gasteiger partial charge in [0.05, 0.1) is 12.5 Å². The van der Waals surface area contributed by atoms with Gasteiger partial charge in [-0.1, -0.05) is 25.1 Å². The van der Waals surface area contributed by atoms with Crippen LogP contribution in [0.5, 0.6) is 5.75 Å². The molecule has 0 aromatic heterocycles. The van der Waals surface area contributed by atoms with Gasteiger partial charge >= 0.3 is 5.97 Å². The fourth-order valence-corrected chi connectivity index (χ4v) is 2.38. The van der Waals surface area contributed by atoms with E-state index in [4.69, 9.17) is 9.84 Å². The number of aliphatic carboxylic acids is 1. The van der Waals surface area contributed by atoms with Gasteiger partial charge in [0.2, 0.25) is 0 Å². The van der Waals surface area contributed by atoms with Gasteiger partial charge in [-0.2, -0.15) is 0 Å². The molecule has 0 bridgehead atoms. The molecule has 1 heterocycles. The van der Waals surface area contributed by atoms with E-state index >= 15 is 0 Å². The van der Waals surface area contributed by atoms with Gasteiger partial charge in [-0.25, -0.2) is 0 Å². The standard InChI is InChI=1S/C13H16O4/c1-8-7-17-11-6-4-3-5-10(11)13(8,16)9(2)12(14)15/h3-6,8-9,16H,7H2,1-2H3,(H,14,15). The first kappa shape index (κ1) is 11.9. The SMILES string of the molecule is CC1COc2ccccc2C1(O)C(C)C(=O)O. The number of hydrogen-bond acceptors (Lipinski definition) is 3. The number of hydrogen-bond donors (Lipinski definition) is 2. The van der Waals surface area contributed by atoms with Crippen LogP contribution in [0, 0.1) is 11.8 Å². The molecule has 2 rings (SSSR count). The highest BCUT2D eigenvalue weighted by atomic mass is 16.5. The third-order valence-electron chi connectivity index (χ3n) is 3.59. The Morgan fingerprint density at radius 1 is 1.53 bits per heavy atom. The van der Waals surface area contributed by atoms with Crippen molar-refractivity contribution in [2.75, 3.05) is 6.61 Å². The van der Waals surface area contributed by atoms with Crippen LogP contribution in [-0.2, 0) is 10.4 Å². The highest BCUT2D eigenvalue weighted by molar-refractivity contribution is 5.72. The smallest absolute Gasteiger partial charge is 0.309 e. The zero-order valence-electron chi connectivity index (χ0n) is 9.88. The fourth-order valence-electron chi connectivity index (χ4n) is 2.38. The molecule has 4 nitrogen and oxygen atoms in total. The maximum atomic E-state index is 11.2. The Labute approximate surface area is 99.8 Å². The fraction of sp³-hybridized carbons (Fsp3) is 0.462. The number of carboxylic acids is 1. The molecule has 0 radical (unpaired) electrons. The van der Waals surface area contributed by atoms with Crippen molar-refractivity contribution >= 4 is 5.97 Å². The normalized spacial score (nSPS) is 29.0. The summed E-state index contributed by atoms with van der Waals surface area (Å²) in [5, 5.41) is 19.9. The van der Waals surface area contributed by atoms with Gasteiger partial charge in [0.1, 0.15) is 11.4 Å². The summed E-state index contributed by atoms with van der Waals surface area (Å²) in [4.78, 5) is 11.2. The summed E-state index contributed by atoms with van der Waals surface area (Å²) in [5.41, 5.74) is -0.811. The van der Waals surface area contributed by atoms with Crippen molar-refractivity contribution in [3.8, 4) is 5.75 Å². The van der Waals surface area contributed by atoms with Crippen molar-refractivity contribution in [1.82, 2.24) is 0 Å². The largest absolute Gasteiger partial charge is 0.493 e. The van der Waals surface area contributed by atoms with Gasteiger partial charge in [0.15, 0.2) is 0 Å². The highest BCUT2D eigenvalue weighted by Crippen LogP contribution is 2.44. The van der Waals surface area contributed by atoms with E-state index in [0.717, 1.165) is 0 Å². The van der Waals surface area contributed by atoms with E-state index in [2.05, 4.69) is 0 Å². The van der Waals surface area contributed by atoms with Crippen LogP contribution in [0.15, 0.2) is 24.3 Å².